The van der Waals surface area contributed by atoms with Gasteiger partial charge in [0.05, 0.1) is 13.0 Å². The highest BCUT2D eigenvalue weighted by molar-refractivity contribution is 6.75. The van der Waals surface area contributed by atoms with Crippen LogP contribution in [0.4, 0.5) is 0 Å². The number of hydrogen-bond donors (Lipinski definition) is 0. The van der Waals surface area contributed by atoms with E-state index in [4.69, 9.17) is 13.9 Å². The van der Waals surface area contributed by atoms with Crippen molar-refractivity contribution in [3.63, 3.8) is 0 Å². The quantitative estimate of drug-likeness (QED) is 0.0460. The van der Waals surface area contributed by atoms with E-state index >= 15 is 0 Å². The standard InChI is InChI=1S/C31H58O6Si/c1-5-9-13-17-24-35-29(32)21-22-30(33)36-25-23-31(34)37-38(26-18-14-10-6-2,27-19-15-11-7-3)28-20-16-12-8-4/h21-22H,5-20,23-28H2,1-4H3/b22-21+. The zero-order chi connectivity index (χ0) is 28.3. The summed E-state index contributed by atoms with van der Waals surface area (Å²) in [7, 11) is -2.20. The van der Waals surface area contributed by atoms with Crippen LogP contribution in [0.25, 0.3) is 0 Å². The summed E-state index contributed by atoms with van der Waals surface area (Å²) in [5.74, 6) is -1.45. The minimum Gasteiger partial charge on any atom is -0.519 e. The van der Waals surface area contributed by atoms with Crippen molar-refractivity contribution in [2.45, 2.75) is 155 Å². The molecule has 0 aliphatic rings. The summed E-state index contributed by atoms with van der Waals surface area (Å²) in [5.41, 5.74) is 0. The van der Waals surface area contributed by atoms with Crippen LogP contribution < -0.4 is 0 Å². The van der Waals surface area contributed by atoms with E-state index in [-0.39, 0.29) is 19.0 Å². The smallest absolute Gasteiger partial charge is 0.331 e. The molecule has 0 amide bonds. The monoisotopic (exact) mass is 554 g/mol. The third-order valence-corrected chi connectivity index (χ3v) is 11.4. The molecule has 0 aromatic rings. The van der Waals surface area contributed by atoms with E-state index in [1.807, 2.05) is 0 Å². The van der Waals surface area contributed by atoms with E-state index in [1.54, 1.807) is 0 Å². The number of esters is 2. The van der Waals surface area contributed by atoms with Crippen LogP contribution in [-0.4, -0.2) is 39.4 Å². The second kappa shape index (κ2) is 25.6. The van der Waals surface area contributed by atoms with Crippen molar-refractivity contribution in [1.29, 1.82) is 0 Å². The molecule has 0 N–H and O–H groups in total. The zero-order valence-corrected chi connectivity index (χ0v) is 26.2. The maximum absolute atomic E-state index is 12.9. The van der Waals surface area contributed by atoms with Crippen LogP contribution in [0.3, 0.4) is 0 Å². The van der Waals surface area contributed by atoms with Gasteiger partial charge in [0, 0.05) is 12.2 Å². The summed E-state index contributed by atoms with van der Waals surface area (Å²) < 4.78 is 16.6. The lowest BCUT2D eigenvalue weighted by Gasteiger charge is -2.32. The Morgan fingerprint density at radius 2 is 0.921 bits per heavy atom. The molecule has 0 aromatic carbocycles. The molecule has 0 rings (SSSR count). The van der Waals surface area contributed by atoms with Crippen molar-refractivity contribution in [2.24, 2.45) is 0 Å². The minimum absolute atomic E-state index is 0.0416. The molecule has 38 heavy (non-hydrogen) atoms. The highest BCUT2D eigenvalue weighted by Crippen LogP contribution is 2.31. The van der Waals surface area contributed by atoms with Crippen molar-refractivity contribution in [1.82, 2.24) is 0 Å². The molecule has 0 fully saturated rings. The van der Waals surface area contributed by atoms with Crippen LogP contribution in [0.2, 0.25) is 18.1 Å². The van der Waals surface area contributed by atoms with E-state index in [0.29, 0.717) is 6.61 Å². The topological polar surface area (TPSA) is 78.9 Å². The summed E-state index contributed by atoms with van der Waals surface area (Å²) in [6, 6.07) is 3.13. The molecule has 0 bridgehead atoms. The van der Waals surface area contributed by atoms with Crippen LogP contribution in [0, 0.1) is 0 Å². The average molecular weight is 555 g/mol. The first-order valence-corrected chi connectivity index (χ1v) is 18.2. The van der Waals surface area contributed by atoms with E-state index in [1.165, 1.54) is 57.8 Å². The molecule has 0 aromatic heterocycles. The summed E-state index contributed by atoms with van der Waals surface area (Å²) >= 11 is 0. The van der Waals surface area contributed by atoms with Crippen molar-refractivity contribution in [3.8, 4) is 0 Å². The van der Waals surface area contributed by atoms with Crippen molar-refractivity contribution >= 4 is 26.2 Å². The van der Waals surface area contributed by atoms with Gasteiger partial charge in [-0.05, 0) is 24.6 Å². The molecule has 222 valence electrons. The summed E-state index contributed by atoms with van der Waals surface area (Å²) in [4.78, 5) is 36.6. The highest BCUT2D eigenvalue weighted by Gasteiger charge is 2.37. The number of carbonyl (C=O) groups is 3. The van der Waals surface area contributed by atoms with Gasteiger partial charge < -0.3 is 13.9 Å². The van der Waals surface area contributed by atoms with E-state index in [0.717, 1.165) is 75.2 Å². The van der Waals surface area contributed by atoms with Gasteiger partial charge in [-0.15, -0.1) is 0 Å². The molecule has 0 aliphatic carbocycles. The highest BCUT2D eigenvalue weighted by atomic mass is 28.4. The molecule has 0 aliphatic heterocycles. The molecule has 0 heterocycles. The normalized spacial score (nSPS) is 11.6. The number of rotatable bonds is 26. The first-order chi connectivity index (χ1) is 18.4. The Hall–Kier alpha value is -1.63. The second-order valence-corrected chi connectivity index (χ2v) is 14.6. The molecular weight excluding hydrogens is 496 g/mol. The molecular formula is C31H58O6Si. The molecule has 7 heteroatoms. The molecule has 0 unspecified atom stereocenters. The molecule has 0 radical (unpaired) electrons. The van der Waals surface area contributed by atoms with Crippen molar-refractivity contribution in [3.05, 3.63) is 12.2 Å². The van der Waals surface area contributed by atoms with Gasteiger partial charge in [0.2, 0.25) is 0 Å². The fourth-order valence-corrected chi connectivity index (χ4v) is 8.94. The van der Waals surface area contributed by atoms with Gasteiger partial charge in [-0.3, -0.25) is 4.79 Å². The molecule has 0 atom stereocenters. The lowest BCUT2D eigenvalue weighted by atomic mass is 10.2. The molecule has 0 spiro atoms. The first kappa shape index (κ1) is 36.4. The molecule has 0 saturated carbocycles. The van der Waals surface area contributed by atoms with Gasteiger partial charge in [-0.1, -0.05) is 124 Å². The number of hydrogen-bond acceptors (Lipinski definition) is 6. The molecule has 0 saturated heterocycles. The van der Waals surface area contributed by atoms with Crippen LogP contribution in [0.1, 0.15) is 137 Å². The predicted octanol–water partition coefficient (Wildman–Crippen LogP) is 8.83. The lowest BCUT2D eigenvalue weighted by molar-refractivity contribution is -0.143. The first-order valence-electron chi connectivity index (χ1n) is 15.7. The van der Waals surface area contributed by atoms with Gasteiger partial charge in [0.15, 0.2) is 0 Å². The maximum Gasteiger partial charge on any atom is 0.331 e. The second-order valence-electron chi connectivity index (χ2n) is 10.6. The Morgan fingerprint density at radius 1 is 0.526 bits per heavy atom. The third kappa shape index (κ3) is 21.3. The Bertz CT molecular complexity index is 603. The van der Waals surface area contributed by atoms with Crippen LogP contribution in [-0.2, 0) is 28.3 Å². The molecule has 6 nitrogen and oxygen atoms in total. The van der Waals surface area contributed by atoms with Crippen LogP contribution in [0.5, 0.6) is 0 Å². The Morgan fingerprint density at radius 3 is 1.34 bits per heavy atom. The van der Waals surface area contributed by atoms with E-state index in [9.17, 15) is 14.4 Å². The van der Waals surface area contributed by atoms with Crippen LogP contribution >= 0.6 is 0 Å². The fourth-order valence-electron chi connectivity index (χ4n) is 4.61. The van der Waals surface area contributed by atoms with Gasteiger partial charge in [-0.25, -0.2) is 9.59 Å². The largest absolute Gasteiger partial charge is 0.519 e. The van der Waals surface area contributed by atoms with Crippen LogP contribution in [0.15, 0.2) is 12.2 Å². The Labute approximate surface area is 234 Å². The maximum atomic E-state index is 12.9. The summed E-state index contributed by atoms with van der Waals surface area (Å²) in [6.07, 6.45) is 20.5. The number of ether oxygens (including phenoxy) is 2. The summed E-state index contributed by atoms with van der Waals surface area (Å²) in [5, 5.41) is 0. The number of carbonyl (C=O) groups excluding carboxylic acids is 3. The average Bonchev–Trinajstić information content (AvgIpc) is 2.90. The Balaban J connectivity index is 4.81. The lowest BCUT2D eigenvalue weighted by Crippen LogP contribution is -2.40. The van der Waals surface area contributed by atoms with E-state index < -0.39 is 20.3 Å². The van der Waals surface area contributed by atoms with Gasteiger partial charge >= 0.3 is 11.9 Å². The van der Waals surface area contributed by atoms with Gasteiger partial charge in [0.25, 0.3) is 14.3 Å². The van der Waals surface area contributed by atoms with Crippen molar-refractivity contribution < 1.29 is 28.3 Å². The van der Waals surface area contributed by atoms with Gasteiger partial charge in [-0.2, -0.15) is 0 Å². The summed E-state index contributed by atoms with van der Waals surface area (Å²) in [6.45, 7) is 9.08. The minimum atomic E-state index is -2.20. The fraction of sp³-hybridized carbons (Fsp3) is 0.839. The van der Waals surface area contributed by atoms with Crippen molar-refractivity contribution in [2.75, 3.05) is 13.2 Å². The zero-order valence-electron chi connectivity index (χ0n) is 25.2. The SMILES string of the molecule is CCCCCCOC(=O)/C=C/C(=O)OCCC(=O)O[Si](CCCCCC)(CCCCCC)CCCCCC. The Kier molecular flexibility index (Phi) is 24.5. The predicted molar refractivity (Wildman–Crippen MR) is 159 cm³/mol. The third-order valence-electron chi connectivity index (χ3n) is 6.94. The van der Waals surface area contributed by atoms with Gasteiger partial charge in [0.1, 0.15) is 6.61 Å². The number of unbranched alkanes of at least 4 members (excludes halogenated alkanes) is 12. The van der Waals surface area contributed by atoms with E-state index in [2.05, 4.69) is 27.7 Å².